The van der Waals surface area contributed by atoms with E-state index in [2.05, 4.69) is 10.2 Å². The van der Waals surface area contributed by atoms with Gasteiger partial charge in [0, 0.05) is 0 Å². The number of nitrogens with one attached hydrogen (secondary N) is 1. The van der Waals surface area contributed by atoms with Crippen LogP contribution in [0.4, 0.5) is 23.7 Å². The highest BCUT2D eigenvalue weighted by Gasteiger charge is 2.34. The number of carbonyl (C=O) groups is 1. The third kappa shape index (κ3) is 2.43. The number of benzene rings is 1. The zero-order chi connectivity index (χ0) is 12.5. The topological polar surface area (TPSA) is 41.6 Å². The number of carbonyl (C=O) groups excluding carboxylic acids is 1. The number of nitrogens with zero attached hydrogens (tertiary/aromatic N) is 1. The molecule has 4 nitrogen and oxygen atoms in total. The fourth-order valence-electron chi connectivity index (χ4n) is 1.47. The van der Waals surface area contributed by atoms with Gasteiger partial charge >= 0.3 is 12.3 Å². The molecule has 92 valence electrons. The minimum Gasteiger partial charge on any atom is -0.446 e. The molecule has 0 unspecified atom stereocenters. The number of amides is 1. The molecule has 0 aromatic heterocycles. The first kappa shape index (κ1) is 11.6. The molecule has 7 heteroatoms. The Labute approximate surface area is 94.9 Å². The van der Waals surface area contributed by atoms with Crippen LogP contribution in [-0.2, 0) is 10.9 Å². The van der Waals surface area contributed by atoms with Gasteiger partial charge in [-0.15, -0.1) is 0 Å². The van der Waals surface area contributed by atoms with Crippen LogP contribution in [0.25, 0.3) is 0 Å². The second kappa shape index (κ2) is 4.15. The van der Waals surface area contributed by atoms with Gasteiger partial charge < -0.3 is 4.74 Å². The maximum atomic E-state index is 12.6. The first-order valence-corrected chi connectivity index (χ1v) is 4.85. The highest BCUT2D eigenvalue weighted by atomic mass is 19.4. The molecule has 1 N–H and O–H groups in total. The molecule has 0 bridgehead atoms. The molecule has 1 saturated heterocycles. The third-order valence-electron chi connectivity index (χ3n) is 2.25. The molecular formula is C10H9F3N2O2. The van der Waals surface area contributed by atoms with Crippen molar-refractivity contribution in [3.05, 3.63) is 29.8 Å². The van der Waals surface area contributed by atoms with E-state index in [4.69, 9.17) is 0 Å². The van der Waals surface area contributed by atoms with E-state index in [0.29, 0.717) is 0 Å². The standard InChI is InChI=1S/C10H9F3N2O2/c11-10(12,13)7-3-1-2-4-8(7)14-15-5-6-17-9(15)16/h1-4,14H,5-6H2. The van der Waals surface area contributed by atoms with Gasteiger partial charge in [0.25, 0.3) is 0 Å². The van der Waals surface area contributed by atoms with E-state index in [-0.39, 0.29) is 18.8 Å². The first-order chi connectivity index (χ1) is 7.98. The van der Waals surface area contributed by atoms with Crippen LogP contribution in [0, 0.1) is 0 Å². The summed E-state index contributed by atoms with van der Waals surface area (Å²) in [6, 6.07) is 4.95. The van der Waals surface area contributed by atoms with Gasteiger partial charge in [-0.2, -0.15) is 13.2 Å². The lowest BCUT2D eigenvalue weighted by atomic mass is 10.2. The van der Waals surface area contributed by atoms with Gasteiger partial charge in [-0.3, -0.25) is 5.43 Å². The molecule has 1 heterocycles. The molecule has 2 rings (SSSR count). The summed E-state index contributed by atoms with van der Waals surface area (Å²) in [6.07, 6.45) is -5.14. The van der Waals surface area contributed by atoms with Crippen LogP contribution < -0.4 is 5.43 Å². The van der Waals surface area contributed by atoms with E-state index in [9.17, 15) is 18.0 Å². The predicted octanol–water partition coefficient (Wildman–Crippen LogP) is 2.48. The van der Waals surface area contributed by atoms with Gasteiger partial charge in [0.1, 0.15) is 6.61 Å². The van der Waals surface area contributed by atoms with Crippen LogP contribution >= 0.6 is 0 Å². The van der Waals surface area contributed by atoms with Crippen molar-refractivity contribution in [3.63, 3.8) is 0 Å². The molecule has 1 fully saturated rings. The van der Waals surface area contributed by atoms with E-state index >= 15 is 0 Å². The molecule has 0 spiro atoms. The predicted molar refractivity (Wildman–Crippen MR) is 53.1 cm³/mol. The van der Waals surface area contributed by atoms with E-state index in [1.807, 2.05) is 0 Å². The highest BCUT2D eigenvalue weighted by molar-refractivity contribution is 5.72. The van der Waals surface area contributed by atoms with Gasteiger partial charge in [-0.25, -0.2) is 9.80 Å². The molecule has 1 amide bonds. The number of alkyl halides is 3. The number of para-hydroxylation sites is 1. The van der Waals surface area contributed by atoms with Crippen LogP contribution in [0.15, 0.2) is 24.3 Å². The number of anilines is 1. The Hall–Kier alpha value is -1.92. The first-order valence-electron chi connectivity index (χ1n) is 4.85. The molecule has 1 aromatic carbocycles. The molecule has 1 aliphatic rings. The average molecular weight is 246 g/mol. The molecule has 0 saturated carbocycles. The number of hydrazine groups is 1. The van der Waals surface area contributed by atoms with Crippen LogP contribution in [0.3, 0.4) is 0 Å². The third-order valence-corrected chi connectivity index (χ3v) is 2.25. The molecule has 0 atom stereocenters. The Balaban J connectivity index is 2.23. The van der Waals surface area contributed by atoms with E-state index in [1.165, 1.54) is 18.2 Å². The van der Waals surface area contributed by atoms with Crippen molar-refractivity contribution in [2.75, 3.05) is 18.6 Å². The molecule has 17 heavy (non-hydrogen) atoms. The van der Waals surface area contributed by atoms with Crippen molar-refractivity contribution in [2.45, 2.75) is 6.18 Å². The van der Waals surface area contributed by atoms with Gasteiger partial charge in [-0.05, 0) is 12.1 Å². The molecule has 0 radical (unpaired) electrons. The van der Waals surface area contributed by atoms with E-state index < -0.39 is 17.8 Å². The molecular weight excluding hydrogens is 237 g/mol. The Bertz CT molecular complexity index is 434. The lowest BCUT2D eigenvalue weighted by Crippen LogP contribution is -2.31. The summed E-state index contributed by atoms with van der Waals surface area (Å²) < 4.78 is 42.5. The summed E-state index contributed by atoms with van der Waals surface area (Å²) in [5.41, 5.74) is 1.42. The van der Waals surface area contributed by atoms with Crippen molar-refractivity contribution in [1.29, 1.82) is 0 Å². The quantitative estimate of drug-likeness (QED) is 0.871. The van der Waals surface area contributed by atoms with Gasteiger partial charge in [-0.1, -0.05) is 12.1 Å². The molecule has 1 aromatic rings. The van der Waals surface area contributed by atoms with Crippen molar-refractivity contribution >= 4 is 11.8 Å². The normalized spacial score (nSPS) is 15.9. The number of ether oxygens (including phenoxy) is 1. The Morgan fingerprint density at radius 2 is 2.00 bits per heavy atom. The van der Waals surface area contributed by atoms with Crippen LogP contribution in [0.2, 0.25) is 0 Å². The zero-order valence-electron chi connectivity index (χ0n) is 8.62. The summed E-state index contributed by atoms with van der Waals surface area (Å²) in [6.45, 7) is 0.380. The number of hydrogen-bond acceptors (Lipinski definition) is 3. The summed E-state index contributed by atoms with van der Waals surface area (Å²) in [7, 11) is 0. The minimum absolute atomic E-state index is 0.167. The SMILES string of the molecule is O=C1OCCN1Nc1ccccc1C(F)(F)F. The maximum Gasteiger partial charge on any atom is 0.428 e. The summed E-state index contributed by atoms with van der Waals surface area (Å²) in [5, 5.41) is 1.00. The van der Waals surface area contributed by atoms with E-state index in [1.54, 1.807) is 0 Å². The number of halogens is 3. The highest BCUT2D eigenvalue weighted by Crippen LogP contribution is 2.34. The van der Waals surface area contributed by atoms with Gasteiger partial charge in [0.05, 0.1) is 17.8 Å². The lowest BCUT2D eigenvalue weighted by Gasteiger charge is -2.19. The van der Waals surface area contributed by atoms with Crippen LogP contribution in [0.5, 0.6) is 0 Å². The van der Waals surface area contributed by atoms with Crippen molar-refractivity contribution in [1.82, 2.24) is 5.01 Å². The zero-order valence-corrected chi connectivity index (χ0v) is 8.62. The van der Waals surface area contributed by atoms with Crippen molar-refractivity contribution in [3.8, 4) is 0 Å². The summed E-state index contributed by atoms with van der Waals surface area (Å²) in [5.74, 6) is 0. The van der Waals surface area contributed by atoms with Crippen molar-refractivity contribution in [2.24, 2.45) is 0 Å². The smallest absolute Gasteiger partial charge is 0.428 e. The van der Waals surface area contributed by atoms with Crippen molar-refractivity contribution < 1.29 is 22.7 Å². The molecule has 0 aliphatic carbocycles. The van der Waals surface area contributed by atoms with Gasteiger partial charge in [0.15, 0.2) is 0 Å². The number of rotatable bonds is 2. The average Bonchev–Trinajstić information content (AvgIpc) is 2.64. The minimum atomic E-state index is -4.47. The number of cyclic esters (lactones) is 1. The maximum absolute atomic E-state index is 12.6. The second-order valence-electron chi connectivity index (χ2n) is 3.42. The van der Waals surface area contributed by atoms with Gasteiger partial charge in [0.2, 0.25) is 0 Å². The Kier molecular flexibility index (Phi) is 2.83. The van der Waals surface area contributed by atoms with Crippen LogP contribution in [0.1, 0.15) is 5.56 Å². The number of hydrogen-bond donors (Lipinski definition) is 1. The fraction of sp³-hybridized carbons (Fsp3) is 0.300. The Morgan fingerprint density at radius 3 is 2.59 bits per heavy atom. The fourth-order valence-corrected chi connectivity index (χ4v) is 1.47. The van der Waals surface area contributed by atoms with E-state index in [0.717, 1.165) is 11.1 Å². The summed E-state index contributed by atoms with van der Waals surface area (Å²) in [4.78, 5) is 11.1. The second-order valence-corrected chi connectivity index (χ2v) is 3.42. The van der Waals surface area contributed by atoms with Crippen LogP contribution in [-0.4, -0.2) is 24.3 Å². The lowest BCUT2D eigenvalue weighted by molar-refractivity contribution is -0.137. The summed E-state index contributed by atoms with van der Waals surface area (Å²) >= 11 is 0. The molecule has 1 aliphatic heterocycles. The monoisotopic (exact) mass is 246 g/mol. The largest absolute Gasteiger partial charge is 0.446 e. The Morgan fingerprint density at radius 1 is 1.29 bits per heavy atom.